The lowest BCUT2D eigenvalue weighted by molar-refractivity contribution is 0.664. The molecule has 0 unspecified atom stereocenters. The molecule has 10 rings (SSSR count). The highest BCUT2D eigenvalue weighted by Gasteiger charge is 2.21. The number of fused-ring (bicyclic) bond motifs is 6. The fourth-order valence-electron chi connectivity index (χ4n) is 7.33. The highest BCUT2D eigenvalue weighted by atomic mass is 16.3. The average molecular weight is 654 g/mol. The van der Waals surface area contributed by atoms with Gasteiger partial charge in [-0.3, -0.25) is 0 Å². The second kappa shape index (κ2) is 11.9. The van der Waals surface area contributed by atoms with Crippen LogP contribution in [0.5, 0.6) is 0 Å². The van der Waals surface area contributed by atoms with E-state index in [1.807, 2.05) is 18.2 Å². The lowest BCUT2D eigenvalue weighted by atomic mass is 10.0. The molecule has 3 heteroatoms. The number of hydrogen-bond donors (Lipinski definition) is 0. The molecule has 0 spiro atoms. The normalized spacial score (nSPS) is 11.5. The highest BCUT2D eigenvalue weighted by molar-refractivity contribution is 6.17. The van der Waals surface area contributed by atoms with Crippen molar-refractivity contribution >= 4 is 60.9 Å². The summed E-state index contributed by atoms with van der Waals surface area (Å²) < 4.78 is 13.3. The van der Waals surface area contributed by atoms with Gasteiger partial charge in [0, 0.05) is 32.9 Å². The van der Waals surface area contributed by atoms with Crippen LogP contribution in [0.1, 0.15) is 0 Å². The van der Waals surface area contributed by atoms with Gasteiger partial charge in [0.2, 0.25) is 0 Å². The molecular weight excluding hydrogens is 623 g/mol. The van der Waals surface area contributed by atoms with E-state index in [1.54, 1.807) is 0 Å². The Labute approximate surface area is 295 Å². The van der Waals surface area contributed by atoms with Crippen molar-refractivity contribution in [3.05, 3.63) is 188 Å². The van der Waals surface area contributed by atoms with Crippen molar-refractivity contribution in [2.24, 2.45) is 0 Å². The molecule has 51 heavy (non-hydrogen) atoms. The smallest absolute Gasteiger partial charge is 0.159 e. The van der Waals surface area contributed by atoms with E-state index < -0.39 is 0 Å². The monoisotopic (exact) mass is 653 g/mol. The fourth-order valence-corrected chi connectivity index (χ4v) is 7.33. The Morgan fingerprint density at radius 3 is 1.31 bits per heavy atom. The van der Waals surface area contributed by atoms with E-state index in [-0.39, 0.29) is 0 Å². The summed E-state index contributed by atoms with van der Waals surface area (Å²) in [7, 11) is 0. The molecule has 2 heterocycles. The maximum Gasteiger partial charge on any atom is 0.159 e. The van der Waals surface area contributed by atoms with Crippen LogP contribution in [-0.4, -0.2) is 0 Å². The number of rotatable bonds is 6. The van der Waals surface area contributed by atoms with Crippen molar-refractivity contribution in [1.29, 1.82) is 0 Å². The Kier molecular flexibility index (Phi) is 6.81. The molecule has 0 aliphatic rings. The lowest BCUT2D eigenvalue weighted by Gasteiger charge is -2.26. The fraction of sp³-hybridized carbons (Fsp3) is 0. The Hall–Kier alpha value is -6.84. The minimum absolute atomic E-state index is 0.828. The van der Waals surface area contributed by atoms with Gasteiger partial charge in [0.1, 0.15) is 16.7 Å². The number of benzene rings is 8. The summed E-state index contributed by atoms with van der Waals surface area (Å²) in [5, 5.41) is 4.19. The van der Waals surface area contributed by atoms with Gasteiger partial charge in [-0.1, -0.05) is 133 Å². The zero-order valence-electron chi connectivity index (χ0n) is 27.7. The summed E-state index contributed by atoms with van der Waals surface area (Å²) in [5.74, 6) is 0. The molecule has 0 amide bonds. The van der Waals surface area contributed by atoms with E-state index in [0.717, 1.165) is 66.5 Å². The molecule has 0 fully saturated rings. The Morgan fingerprint density at radius 2 is 0.745 bits per heavy atom. The van der Waals surface area contributed by atoms with Crippen molar-refractivity contribution in [3.8, 4) is 33.4 Å². The van der Waals surface area contributed by atoms with Gasteiger partial charge in [-0.2, -0.15) is 0 Å². The third-order valence-electron chi connectivity index (χ3n) is 9.88. The van der Waals surface area contributed by atoms with Crippen molar-refractivity contribution < 1.29 is 8.83 Å². The van der Waals surface area contributed by atoms with E-state index in [4.69, 9.17) is 8.83 Å². The number of anilines is 3. The number of nitrogens with zero attached hydrogens (tertiary/aromatic N) is 1. The molecule has 3 nitrogen and oxygen atoms in total. The summed E-state index contributed by atoms with van der Waals surface area (Å²) in [5.41, 5.74) is 13.5. The van der Waals surface area contributed by atoms with E-state index >= 15 is 0 Å². The molecular formula is C48H31NO2. The van der Waals surface area contributed by atoms with Gasteiger partial charge in [0.05, 0.1) is 5.69 Å². The predicted molar refractivity (Wildman–Crippen MR) is 212 cm³/mol. The molecule has 0 bridgehead atoms. The molecule has 10 aromatic rings. The predicted octanol–water partition coefficient (Wildman–Crippen LogP) is 14.0. The summed E-state index contributed by atoms with van der Waals surface area (Å²) >= 11 is 0. The summed E-state index contributed by atoms with van der Waals surface area (Å²) in [6.07, 6.45) is 0. The van der Waals surface area contributed by atoms with Gasteiger partial charge in [-0.15, -0.1) is 0 Å². The third-order valence-corrected chi connectivity index (χ3v) is 9.88. The molecule has 2 aromatic heterocycles. The molecule has 0 aliphatic heterocycles. The highest BCUT2D eigenvalue weighted by Crippen LogP contribution is 2.44. The van der Waals surface area contributed by atoms with Crippen molar-refractivity contribution in [1.82, 2.24) is 0 Å². The van der Waals surface area contributed by atoms with Crippen molar-refractivity contribution in [2.75, 3.05) is 4.90 Å². The Bertz CT molecular complexity index is 2730. The average Bonchev–Trinajstić information content (AvgIpc) is 3.76. The minimum Gasteiger partial charge on any atom is -0.456 e. The van der Waals surface area contributed by atoms with E-state index in [1.165, 1.54) is 27.8 Å². The second-order valence-electron chi connectivity index (χ2n) is 12.9. The first-order valence-electron chi connectivity index (χ1n) is 17.2. The molecule has 0 radical (unpaired) electrons. The largest absolute Gasteiger partial charge is 0.456 e. The van der Waals surface area contributed by atoms with Crippen LogP contribution in [-0.2, 0) is 0 Å². The van der Waals surface area contributed by atoms with Gasteiger partial charge < -0.3 is 13.7 Å². The first-order chi connectivity index (χ1) is 25.3. The summed E-state index contributed by atoms with van der Waals surface area (Å²) in [4.78, 5) is 2.29. The SMILES string of the molecule is c1ccc(-c2ccc(N(c3ccc(-c4ccccc4)cc3)c3cccc4c3oc3cc5c(cc34)oc3ccc(-c4ccccc4)cc35)cc2)cc1. The minimum atomic E-state index is 0.828. The molecule has 0 N–H and O–H groups in total. The molecule has 0 atom stereocenters. The molecule has 0 aliphatic carbocycles. The number of hydrogen-bond acceptors (Lipinski definition) is 3. The third kappa shape index (κ3) is 5.06. The van der Waals surface area contributed by atoms with Crippen LogP contribution < -0.4 is 4.90 Å². The van der Waals surface area contributed by atoms with E-state index in [0.29, 0.717) is 0 Å². The van der Waals surface area contributed by atoms with E-state index in [2.05, 4.69) is 175 Å². The van der Waals surface area contributed by atoms with Crippen LogP contribution in [0.25, 0.3) is 77.3 Å². The summed E-state index contributed by atoms with van der Waals surface area (Å²) in [6, 6.07) is 66.1. The maximum atomic E-state index is 6.85. The van der Waals surface area contributed by atoms with Crippen LogP contribution in [0.4, 0.5) is 17.1 Å². The second-order valence-corrected chi connectivity index (χ2v) is 12.9. The lowest BCUT2D eigenvalue weighted by Crippen LogP contribution is -2.10. The zero-order valence-corrected chi connectivity index (χ0v) is 27.7. The Morgan fingerprint density at radius 1 is 0.294 bits per heavy atom. The van der Waals surface area contributed by atoms with Crippen LogP contribution >= 0.6 is 0 Å². The van der Waals surface area contributed by atoms with Crippen molar-refractivity contribution in [3.63, 3.8) is 0 Å². The van der Waals surface area contributed by atoms with Crippen molar-refractivity contribution in [2.45, 2.75) is 0 Å². The van der Waals surface area contributed by atoms with Crippen LogP contribution in [0, 0.1) is 0 Å². The molecule has 8 aromatic carbocycles. The van der Waals surface area contributed by atoms with Gasteiger partial charge in [0.25, 0.3) is 0 Å². The molecule has 0 saturated carbocycles. The van der Waals surface area contributed by atoms with Gasteiger partial charge in [0.15, 0.2) is 5.58 Å². The van der Waals surface area contributed by atoms with E-state index in [9.17, 15) is 0 Å². The maximum absolute atomic E-state index is 6.85. The Balaban J connectivity index is 1.13. The van der Waals surface area contributed by atoms with Gasteiger partial charge in [-0.25, -0.2) is 0 Å². The zero-order chi connectivity index (χ0) is 33.7. The van der Waals surface area contributed by atoms with Crippen LogP contribution in [0.3, 0.4) is 0 Å². The molecule has 0 saturated heterocycles. The first kappa shape index (κ1) is 29.1. The number of furan rings is 2. The van der Waals surface area contributed by atoms with Crippen LogP contribution in [0.2, 0.25) is 0 Å². The van der Waals surface area contributed by atoms with Gasteiger partial charge in [-0.05, 0) is 88.0 Å². The van der Waals surface area contributed by atoms with Crippen LogP contribution in [0.15, 0.2) is 197 Å². The van der Waals surface area contributed by atoms with Gasteiger partial charge >= 0.3 is 0 Å². The molecule has 240 valence electrons. The first-order valence-corrected chi connectivity index (χ1v) is 17.2. The standard InChI is InChI=1S/C48H31NO2/c1-4-11-32(12-5-1)35-19-24-38(25-20-35)49(39-26-21-36(22-27-39)33-13-6-2-7-14-33)44-18-10-17-40-42-30-46-43(31-47(42)51-48(40)44)41-29-37(23-28-45(41)50-46)34-15-8-3-9-16-34/h1-31H. The quantitative estimate of drug-likeness (QED) is 0.179. The summed E-state index contributed by atoms with van der Waals surface area (Å²) in [6.45, 7) is 0. The number of para-hydroxylation sites is 1. The topological polar surface area (TPSA) is 29.5 Å².